The van der Waals surface area contributed by atoms with Gasteiger partial charge in [0.1, 0.15) is 5.82 Å². The fraction of sp³-hybridized carbons (Fsp3) is 0.130. The van der Waals surface area contributed by atoms with Crippen LogP contribution in [0, 0.1) is 36.5 Å². The number of nitrogens with zero attached hydrogens (tertiary/aromatic N) is 4. The van der Waals surface area contributed by atoms with Crippen molar-refractivity contribution in [1.82, 2.24) is 9.97 Å². The van der Waals surface area contributed by atoms with Crippen molar-refractivity contribution >= 4 is 29.2 Å². The number of benzene rings is 2. The number of hydrogen-bond donors (Lipinski definition) is 3. The molecule has 0 saturated carbocycles. The Hall–Kier alpha value is -4.20. The maximum absolute atomic E-state index is 9.70. The third kappa shape index (κ3) is 4.79. The summed E-state index contributed by atoms with van der Waals surface area (Å²) in [6.07, 6.45) is 4.76. The van der Waals surface area contributed by atoms with Crippen molar-refractivity contribution in [2.24, 2.45) is 0 Å². The highest BCUT2D eigenvalue weighted by atomic mass is 16.3. The van der Waals surface area contributed by atoms with E-state index in [1.807, 2.05) is 32.0 Å². The van der Waals surface area contributed by atoms with Gasteiger partial charge in [-0.05, 0) is 73.0 Å². The molecular formula is C23H20N6O. The molecule has 148 valence electrons. The lowest BCUT2D eigenvalue weighted by molar-refractivity contribution is 0.281. The Kier molecular flexibility index (Phi) is 6.39. The van der Waals surface area contributed by atoms with E-state index in [-0.39, 0.29) is 6.61 Å². The highest BCUT2D eigenvalue weighted by Crippen LogP contribution is 2.28. The fourth-order valence-corrected chi connectivity index (χ4v) is 2.99. The van der Waals surface area contributed by atoms with Crippen molar-refractivity contribution in [3.05, 3.63) is 76.5 Å². The number of aromatic nitrogens is 2. The van der Waals surface area contributed by atoms with Crippen LogP contribution in [0.4, 0.5) is 23.1 Å². The lowest BCUT2D eigenvalue weighted by atomic mass is 10.0. The van der Waals surface area contributed by atoms with Crippen LogP contribution in [-0.4, -0.2) is 15.1 Å². The summed E-state index contributed by atoms with van der Waals surface area (Å²) in [7, 11) is 0. The third-order valence-corrected chi connectivity index (χ3v) is 4.45. The van der Waals surface area contributed by atoms with Gasteiger partial charge in [-0.1, -0.05) is 0 Å². The lowest BCUT2D eigenvalue weighted by Crippen LogP contribution is -2.06. The highest BCUT2D eigenvalue weighted by molar-refractivity contribution is 5.70. The first-order chi connectivity index (χ1) is 14.5. The van der Waals surface area contributed by atoms with E-state index in [1.165, 1.54) is 6.08 Å². The van der Waals surface area contributed by atoms with Crippen LogP contribution in [0.1, 0.15) is 27.8 Å². The smallest absolute Gasteiger partial charge is 0.229 e. The van der Waals surface area contributed by atoms with Crippen LogP contribution < -0.4 is 10.6 Å². The quantitative estimate of drug-likeness (QED) is 0.526. The van der Waals surface area contributed by atoms with Gasteiger partial charge in [-0.3, -0.25) is 0 Å². The summed E-state index contributed by atoms with van der Waals surface area (Å²) < 4.78 is 0. The number of aliphatic hydroxyl groups excluding tert-OH is 1. The van der Waals surface area contributed by atoms with Crippen LogP contribution in [0.5, 0.6) is 0 Å². The molecule has 0 radical (unpaired) electrons. The Balaban J connectivity index is 1.90. The van der Waals surface area contributed by atoms with Gasteiger partial charge < -0.3 is 15.7 Å². The molecule has 7 nitrogen and oxygen atoms in total. The normalized spacial score (nSPS) is 10.4. The zero-order chi connectivity index (χ0) is 21.5. The molecule has 1 heterocycles. The number of anilines is 4. The SMILES string of the molecule is Cc1cc(/C=C/C#N)cc(C)c1Nc1nc(Nc2ccc(C#N)cc2)ncc1CO. The molecule has 0 amide bonds. The van der Waals surface area contributed by atoms with Gasteiger partial charge in [0.25, 0.3) is 0 Å². The molecule has 0 aliphatic rings. The molecule has 3 rings (SSSR count). The zero-order valence-electron chi connectivity index (χ0n) is 16.6. The molecule has 2 aromatic carbocycles. The predicted molar refractivity (Wildman–Crippen MR) is 116 cm³/mol. The minimum atomic E-state index is -0.208. The first-order valence-electron chi connectivity index (χ1n) is 9.22. The van der Waals surface area contributed by atoms with Crippen molar-refractivity contribution in [2.75, 3.05) is 10.6 Å². The summed E-state index contributed by atoms with van der Waals surface area (Å²) >= 11 is 0. The Morgan fingerprint density at radius 1 is 1.07 bits per heavy atom. The molecule has 3 aromatic rings. The van der Waals surface area contributed by atoms with Crippen LogP contribution in [0.3, 0.4) is 0 Å². The number of nitriles is 2. The van der Waals surface area contributed by atoms with Crippen molar-refractivity contribution in [3.63, 3.8) is 0 Å². The molecular weight excluding hydrogens is 376 g/mol. The lowest BCUT2D eigenvalue weighted by Gasteiger charge is -2.16. The van der Waals surface area contributed by atoms with Gasteiger partial charge >= 0.3 is 0 Å². The van der Waals surface area contributed by atoms with Gasteiger partial charge in [0.2, 0.25) is 5.95 Å². The van der Waals surface area contributed by atoms with Gasteiger partial charge in [-0.25, -0.2) is 4.98 Å². The van der Waals surface area contributed by atoms with Crippen molar-refractivity contribution in [1.29, 1.82) is 10.5 Å². The van der Waals surface area contributed by atoms with Crippen molar-refractivity contribution in [2.45, 2.75) is 20.5 Å². The van der Waals surface area contributed by atoms with E-state index in [0.29, 0.717) is 22.9 Å². The number of allylic oxidation sites excluding steroid dienone is 1. The van der Waals surface area contributed by atoms with Gasteiger partial charge in [0.15, 0.2) is 0 Å². The van der Waals surface area contributed by atoms with Crippen molar-refractivity contribution in [3.8, 4) is 12.1 Å². The van der Waals surface area contributed by atoms with E-state index in [1.54, 1.807) is 36.5 Å². The Labute approximate surface area is 175 Å². The molecule has 0 saturated heterocycles. The highest BCUT2D eigenvalue weighted by Gasteiger charge is 2.11. The molecule has 0 spiro atoms. The Morgan fingerprint density at radius 2 is 1.77 bits per heavy atom. The largest absolute Gasteiger partial charge is 0.391 e. The van der Waals surface area contributed by atoms with E-state index < -0.39 is 0 Å². The molecule has 1 aromatic heterocycles. The molecule has 30 heavy (non-hydrogen) atoms. The van der Waals surface area contributed by atoms with Crippen LogP contribution in [0.2, 0.25) is 0 Å². The topological polar surface area (TPSA) is 118 Å². The molecule has 0 fully saturated rings. The number of nitrogens with one attached hydrogen (secondary N) is 2. The molecule has 7 heteroatoms. The van der Waals surface area contributed by atoms with E-state index >= 15 is 0 Å². The third-order valence-electron chi connectivity index (χ3n) is 4.45. The van der Waals surface area contributed by atoms with Crippen LogP contribution in [-0.2, 0) is 6.61 Å². The van der Waals surface area contributed by atoms with Gasteiger partial charge in [-0.2, -0.15) is 15.5 Å². The molecule has 0 aliphatic heterocycles. The average Bonchev–Trinajstić information content (AvgIpc) is 2.75. The summed E-state index contributed by atoms with van der Waals surface area (Å²) in [6.45, 7) is 3.73. The number of hydrogen-bond acceptors (Lipinski definition) is 7. The average molecular weight is 396 g/mol. The monoisotopic (exact) mass is 396 g/mol. The minimum absolute atomic E-state index is 0.208. The maximum atomic E-state index is 9.70. The number of aryl methyl sites for hydroxylation is 2. The molecule has 0 unspecified atom stereocenters. The van der Waals surface area contributed by atoms with Crippen molar-refractivity contribution < 1.29 is 5.11 Å². The van der Waals surface area contributed by atoms with E-state index in [2.05, 4.69) is 26.7 Å². The molecule has 0 aliphatic carbocycles. The first-order valence-corrected chi connectivity index (χ1v) is 9.22. The second-order valence-electron chi connectivity index (χ2n) is 6.66. The summed E-state index contributed by atoms with van der Waals surface area (Å²) in [5, 5.41) is 33.7. The molecule has 3 N–H and O–H groups in total. The van der Waals surface area contributed by atoms with E-state index in [4.69, 9.17) is 10.5 Å². The predicted octanol–water partition coefficient (Wildman–Crippen LogP) is 4.48. The summed E-state index contributed by atoms with van der Waals surface area (Å²) in [4.78, 5) is 8.77. The molecule has 0 atom stereocenters. The Morgan fingerprint density at radius 3 is 2.37 bits per heavy atom. The zero-order valence-corrected chi connectivity index (χ0v) is 16.6. The Bertz CT molecular complexity index is 1150. The summed E-state index contributed by atoms with van der Waals surface area (Å²) in [6, 6.07) is 15.0. The minimum Gasteiger partial charge on any atom is -0.391 e. The van der Waals surface area contributed by atoms with Crippen LogP contribution >= 0.6 is 0 Å². The maximum Gasteiger partial charge on any atom is 0.229 e. The summed E-state index contributed by atoms with van der Waals surface area (Å²) in [5.41, 5.74) is 5.66. The van der Waals surface area contributed by atoms with E-state index in [9.17, 15) is 5.11 Å². The second-order valence-corrected chi connectivity index (χ2v) is 6.66. The standard InChI is InChI=1S/C23H20N6O/c1-15-10-18(4-3-9-24)11-16(2)21(15)28-22-19(14-30)13-26-23(29-22)27-20-7-5-17(12-25)6-8-20/h3-8,10-11,13,30H,14H2,1-2H3,(H2,26,27,28,29)/b4-3+. The van der Waals surface area contributed by atoms with Gasteiger partial charge in [0.05, 0.1) is 24.3 Å². The van der Waals surface area contributed by atoms with Crippen LogP contribution in [0.15, 0.2) is 48.7 Å². The molecule has 0 bridgehead atoms. The van der Waals surface area contributed by atoms with Gasteiger partial charge in [-0.15, -0.1) is 0 Å². The first kappa shape index (κ1) is 20.5. The summed E-state index contributed by atoms with van der Waals surface area (Å²) in [5.74, 6) is 0.860. The van der Waals surface area contributed by atoms with Crippen LogP contribution in [0.25, 0.3) is 6.08 Å². The number of rotatable bonds is 6. The fourth-order valence-electron chi connectivity index (χ4n) is 2.99. The second kappa shape index (κ2) is 9.33. The number of aliphatic hydroxyl groups is 1. The van der Waals surface area contributed by atoms with E-state index in [0.717, 1.165) is 28.1 Å². The van der Waals surface area contributed by atoms with Gasteiger partial charge in [0, 0.05) is 29.2 Å².